The van der Waals surface area contributed by atoms with Gasteiger partial charge in [-0.05, 0) is 5.57 Å². The number of alkyl halides is 1. The van der Waals surface area contributed by atoms with Crippen LogP contribution in [0.25, 0.3) is 0 Å². The first kappa shape index (κ1) is 9.47. The van der Waals surface area contributed by atoms with Gasteiger partial charge in [-0.2, -0.15) is 0 Å². The first-order valence-corrected chi connectivity index (χ1v) is 3.62. The Balaban J connectivity index is 3.94. The van der Waals surface area contributed by atoms with E-state index in [4.69, 9.17) is 17.3 Å². The molecular formula is C8H12ClN. The van der Waals surface area contributed by atoms with Gasteiger partial charge in [-0.15, -0.1) is 11.6 Å². The monoisotopic (exact) mass is 157 g/mol. The normalized spacial score (nSPS) is 12.4. The zero-order valence-electron chi connectivity index (χ0n) is 5.89. The zero-order valence-corrected chi connectivity index (χ0v) is 6.64. The summed E-state index contributed by atoms with van der Waals surface area (Å²) in [6.45, 7) is 4.08. The van der Waals surface area contributed by atoms with Gasteiger partial charge < -0.3 is 5.73 Å². The molecule has 0 aromatic heterocycles. The van der Waals surface area contributed by atoms with Gasteiger partial charge in [0.25, 0.3) is 0 Å². The summed E-state index contributed by atoms with van der Waals surface area (Å²) in [6, 6.07) is 0. The lowest BCUT2D eigenvalue weighted by atomic mass is 10.2. The van der Waals surface area contributed by atoms with E-state index in [-0.39, 0.29) is 0 Å². The molecule has 0 saturated heterocycles. The largest absolute Gasteiger partial charge is 0.326 e. The average Bonchev–Trinajstić information content (AvgIpc) is 1.98. The fraction of sp³-hybridized carbons (Fsp3) is 0.250. The van der Waals surface area contributed by atoms with E-state index in [9.17, 15) is 0 Å². The number of hydrogen-bond acceptors (Lipinski definition) is 1. The van der Waals surface area contributed by atoms with Crippen molar-refractivity contribution < 1.29 is 0 Å². The highest BCUT2D eigenvalue weighted by molar-refractivity contribution is 6.18. The van der Waals surface area contributed by atoms with E-state index in [1.165, 1.54) is 0 Å². The summed E-state index contributed by atoms with van der Waals surface area (Å²) in [6.07, 6.45) is 7.32. The van der Waals surface area contributed by atoms with E-state index in [0.717, 1.165) is 5.57 Å². The molecule has 0 aliphatic carbocycles. The molecule has 1 nitrogen and oxygen atoms in total. The van der Waals surface area contributed by atoms with E-state index in [1.54, 1.807) is 6.08 Å². The lowest BCUT2D eigenvalue weighted by molar-refractivity contribution is 1.19. The Morgan fingerprint density at radius 1 is 1.60 bits per heavy atom. The predicted molar refractivity (Wildman–Crippen MR) is 47.2 cm³/mol. The standard InChI is InChI=1S/C8H12ClN/c1-2-4-8(7-10)5-3-6-9/h2-5H,1,6-7,10H2/b5-3-,8-4+. The third-order valence-electron chi connectivity index (χ3n) is 0.989. The summed E-state index contributed by atoms with van der Waals surface area (Å²) in [4.78, 5) is 0. The van der Waals surface area contributed by atoms with Crippen molar-refractivity contribution in [2.75, 3.05) is 12.4 Å². The second kappa shape index (κ2) is 6.59. The molecule has 0 radical (unpaired) electrons. The van der Waals surface area contributed by atoms with Gasteiger partial charge in [0, 0.05) is 12.4 Å². The van der Waals surface area contributed by atoms with Gasteiger partial charge >= 0.3 is 0 Å². The van der Waals surface area contributed by atoms with Gasteiger partial charge in [0.1, 0.15) is 0 Å². The number of nitrogens with two attached hydrogens (primary N) is 1. The van der Waals surface area contributed by atoms with Crippen molar-refractivity contribution in [3.63, 3.8) is 0 Å². The fourth-order valence-corrected chi connectivity index (χ4v) is 0.628. The molecule has 2 N–H and O–H groups in total. The average molecular weight is 158 g/mol. The second-order valence-electron chi connectivity index (χ2n) is 1.74. The minimum absolute atomic E-state index is 0.522. The maximum absolute atomic E-state index is 5.42. The Morgan fingerprint density at radius 3 is 2.70 bits per heavy atom. The van der Waals surface area contributed by atoms with Crippen LogP contribution in [0.15, 0.2) is 36.5 Å². The molecule has 0 aromatic carbocycles. The van der Waals surface area contributed by atoms with Crippen molar-refractivity contribution in [3.8, 4) is 0 Å². The smallest absolute Gasteiger partial charge is 0.0407 e. The van der Waals surface area contributed by atoms with Crippen LogP contribution < -0.4 is 5.73 Å². The molecule has 0 spiro atoms. The van der Waals surface area contributed by atoms with Crippen LogP contribution in [0.5, 0.6) is 0 Å². The molecule has 0 heterocycles. The first-order chi connectivity index (χ1) is 4.85. The van der Waals surface area contributed by atoms with E-state index in [2.05, 4.69) is 6.58 Å². The minimum Gasteiger partial charge on any atom is -0.326 e. The summed E-state index contributed by atoms with van der Waals surface area (Å²) in [5.74, 6) is 0.522. The third-order valence-corrected chi connectivity index (χ3v) is 1.17. The van der Waals surface area contributed by atoms with Crippen molar-refractivity contribution in [1.29, 1.82) is 0 Å². The highest BCUT2D eigenvalue weighted by Gasteiger charge is 1.82. The maximum Gasteiger partial charge on any atom is 0.0407 e. The fourth-order valence-electron chi connectivity index (χ4n) is 0.539. The van der Waals surface area contributed by atoms with Crippen LogP contribution in [-0.4, -0.2) is 12.4 Å². The number of halogens is 1. The highest BCUT2D eigenvalue weighted by atomic mass is 35.5. The molecule has 0 atom stereocenters. The Labute approximate surface area is 66.9 Å². The zero-order chi connectivity index (χ0) is 7.82. The summed E-state index contributed by atoms with van der Waals surface area (Å²) >= 11 is 5.42. The molecule has 0 saturated carbocycles. The first-order valence-electron chi connectivity index (χ1n) is 3.09. The lowest BCUT2D eigenvalue weighted by Gasteiger charge is -1.92. The Bertz CT molecular complexity index is 147. The Morgan fingerprint density at radius 2 is 2.30 bits per heavy atom. The summed E-state index contributed by atoms with van der Waals surface area (Å²) in [5.41, 5.74) is 6.43. The topological polar surface area (TPSA) is 26.0 Å². The predicted octanol–water partition coefficient (Wildman–Crippen LogP) is 1.85. The van der Waals surface area contributed by atoms with Crippen molar-refractivity contribution in [2.24, 2.45) is 5.73 Å². The van der Waals surface area contributed by atoms with Crippen LogP contribution >= 0.6 is 11.6 Å². The van der Waals surface area contributed by atoms with Crippen LogP contribution in [0.1, 0.15) is 0 Å². The highest BCUT2D eigenvalue weighted by Crippen LogP contribution is 1.94. The van der Waals surface area contributed by atoms with Gasteiger partial charge in [-0.25, -0.2) is 0 Å². The molecule has 0 unspecified atom stereocenters. The number of hydrogen-bond donors (Lipinski definition) is 1. The maximum atomic E-state index is 5.42. The van der Waals surface area contributed by atoms with E-state index >= 15 is 0 Å². The molecule has 0 aromatic rings. The summed E-state index contributed by atoms with van der Waals surface area (Å²) in [5, 5.41) is 0. The van der Waals surface area contributed by atoms with Crippen molar-refractivity contribution >= 4 is 11.6 Å². The van der Waals surface area contributed by atoms with Crippen LogP contribution in [0.2, 0.25) is 0 Å². The van der Waals surface area contributed by atoms with Crippen LogP contribution in [0, 0.1) is 0 Å². The van der Waals surface area contributed by atoms with E-state index < -0.39 is 0 Å². The van der Waals surface area contributed by atoms with Gasteiger partial charge in [-0.1, -0.05) is 30.9 Å². The van der Waals surface area contributed by atoms with Crippen LogP contribution in [0.3, 0.4) is 0 Å². The molecular weight excluding hydrogens is 146 g/mol. The van der Waals surface area contributed by atoms with Crippen molar-refractivity contribution in [3.05, 3.63) is 36.5 Å². The molecule has 0 bridgehead atoms. The Hall–Kier alpha value is -0.530. The lowest BCUT2D eigenvalue weighted by Crippen LogP contribution is -2.00. The third kappa shape index (κ3) is 4.36. The van der Waals surface area contributed by atoms with Crippen LogP contribution in [0.4, 0.5) is 0 Å². The molecule has 0 aliphatic heterocycles. The van der Waals surface area contributed by atoms with E-state index in [1.807, 2.05) is 18.2 Å². The minimum atomic E-state index is 0.522. The Kier molecular flexibility index (Phi) is 6.24. The summed E-state index contributed by atoms with van der Waals surface area (Å²) in [7, 11) is 0. The molecule has 2 heteroatoms. The molecule has 56 valence electrons. The van der Waals surface area contributed by atoms with Crippen molar-refractivity contribution in [2.45, 2.75) is 0 Å². The summed E-state index contributed by atoms with van der Waals surface area (Å²) < 4.78 is 0. The van der Waals surface area contributed by atoms with Gasteiger partial charge in [0.15, 0.2) is 0 Å². The quantitative estimate of drug-likeness (QED) is 0.489. The molecule has 0 rings (SSSR count). The van der Waals surface area contributed by atoms with Gasteiger partial charge in [0.2, 0.25) is 0 Å². The van der Waals surface area contributed by atoms with Crippen molar-refractivity contribution in [1.82, 2.24) is 0 Å². The molecule has 0 fully saturated rings. The van der Waals surface area contributed by atoms with Gasteiger partial charge in [0.05, 0.1) is 0 Å². The SMILES string of the molecule is C=C/C=C(\C=C/CCl)CN. The number of allylic oxidation sites excluding steroid dienone is 3. The molecule has 10 heavy (non-hydrogen) atoms. The molecule has 0 amide bonds. The van der Waals surface area contributed by atoms with E-state index in [0.29, 0.717) is 12.4 Å². The van der Waals surface area contributed by atoms with Crippen LogP contribution in [-0.2, 0) is 0 Å². The van der Waals surface area contributed by atoms with Gasteiger partial charge in [-0.3, -0.25) is 0 Å². The number of rotatable bonds is 4. The molecule has 0 aliphatic rings. The second-order valence-corrected chi connectivity index (χ2v) is 2.05.